The zero-order chi connectivity index (χ0) is 22.9. The molecular formula is C24H20ClN3O4. The number of nitrogens with one attached hydrogen (secondary N) is 2. The number of hydrazone groups is 1. The fraction of sp³-hybridized carbons (Fsp3) is 0.0833. The number of amides is 2. The molecule has 32 heavy (non-hydrogen) atoms. The van der Waals surface area contributed by atoms with Crippen LogP contribution < -0.4 is 15.5 Å². The Morgan fingerprint density at radius 2 is 1.75 bits per heavy atom. The van der Waals surface area contributed by atoms with Crippen LogP contribution in [0.3, 0.4) is 0 Å². The van der Waals surface area contributed by atoms with Crippen LogP contribution in [0.5, 0.6) is 5.75 Å². The van der Waals surface area contributed by atoms with E-state index in [0.29, 0.717) is 21.9 Å². The predicted molar refractivity (Wildman–Crippen MR) is 122 cm³/mol. The molecule has 0 saturated heterocycles. The molecule has 3 aromatic carbocycles. The largest absolute Gasteiger partial charge is 0.423 e. The Labute approximate surface area is 190 Å². The summed E-state index contributed by atoms with van der Waals surface area (Å²) in [5, 5.41) is 6.70. The van der Waals surface area contributed by atoms with Crippen LogP contribution in [0.2, 0.25) is 5.02 Å². The molecule has 0 heterocycles. The first-order valence-corrected chi connectivity index (χ1v) is 10.0. The molecule has 0 aliphatic rings. The molecule has 2 amide bonds. The lowest BCUT2D eigenvalue weighted by Gasteiger charge is -2.06. The summed E-state index contributed by atoms with van der Waals surface area (Å²) in [7, 11) is 0. The van der Waals surface area contributed by atoms with E-state index in [1.54, 1.807) is 66.7 Å². The summed E-state index contributed by atoms with van der Waals surface area (Å²) < 4.78 is 5.30. The summed E-state index contributed by atoms with van der Waals surface area (Å²) in [6.45, 7) is 1.68. The smallest absolute Gasteiger partial charge is 0.345 e. The number of hydrogen-bond acceptors (Lipinski definition) is 5. The van der Waals surface area contributed by atoms with Crippen molar-refractivity contribution in [1.82, 2.24) is 10.7 Å². The zero-order valence-corrected chi connectivity index (χ0v) is 17.9. The molecule has 162 valence electrons. The predicted octanol–water partition coefficient (Wildman–Crippen LogP) is 3.75. The number of hydrogen-bond donors (Lipinski definition) is 2. The fourth-order valence-electron chi connectivity index (χ4n) is 2.68. The summed E-state index contributed by atoms with van der Waals surface area (Å²) in [6.07, 6.45) is 1.43. The van der Waals surface area contributed by atoms with Gasteiger partial charge in [0.2, 0.25) is 0 Å². The maximum Gasteiger partial charge on any atom is 0.345 e. The van der Waals surface area contributed by atoms with Crippen molar-refractivity contribution in [1.29, 1.82) is 0 Å². The van der Waals surface area contributed by atoms with Gasteiger partial charge in [-0.15, -0.1) is 0 Å². The van der Waals surface area contributed by atoms with Gasteiger partial charge in [0.25, 0.3) is 11.8 Å². The van der Waals surface area contributed by atoms with Crippen LogP contribution in [0, 0.1) is 6.92 Å². The number of benzene rings is 3. The van der Waals surface area contributed by atoms with Crippen LogP contribution in [-0.2, 0) is 4.79 Å². The fourth-order valence-corrected chi connectivity index (χ4v) is 2.89. The van der Waals surface area contributed by atoms with E-state index in [1.165, 1.54) is 6.21 Å². The van der Waals surface area contributed by atoms with Crippen molar-refractivity contribution in [2.75, 3.05) is 6.54 Å². The molecule has 3 aromatic rings. The van der Waals surface area contributed by atoms with Gasteiger partial charge in [-0.05, 0) is 61.0 Å². The molecule has 0 unspecified atom stereocenters. The average Bonchev–Trinajstić information content (AvgIpc) is 2.79. The van der Waals surface area contributed by atoms with Gasteiger partial charge in [0.15, 0.2) is 0 Å². The standard InChI is InChI=1S/C24H20ClN3O4/c1-16-5-4-6-18(13-16)23(30)26-15-22(29)28-27-14-17-9-11-19(12-10-17)32-24(31)20-7-2-3-8-21(20)25/h2-14H,15H2,1H3,(H,26,30)(H,28,29)/b27-14+. The zero-order valence-electron chi connectivity index (χ0n) is 17.2. The van der Waals surface area contributed by atoms with Gasteiger partial charge < -0.3 is 10.1 Å². The Bertz CT molecular complexity index is 1160. The third kappa shape index (κ3) is 6.52. The molecule has 0 atom stereocenters. The number of ether oxygens (including phenoxy) is 1. The van der Waals surface area contributed by atoms with Gasteiger partial charge in [0, 0.05) is 5.56 Å². The third-order valence-electron chi connectivity index (χ3n) is 4.28. The Kier molecular flexibility index (Phi) is 7.72. The lowest BCUT2D eigenvalue weighted by Crippen LogP contribution is -2.34. The van der Waals surface area contributed by atoms with E-state index in [-0.39, 0.29) is 18.0 Å². The van der Waals surface area contributed by atoms with Crippen molar-refractivity contribution in [2.24, 2.45) is 5.10 Å². The first-order valence-electron chi connectivity index (χ1n) is 9.66. The Balaban J connectivity index is 1.46. The topological polar surface area (TPSA) is 96.9 Å². The highest BCUT2D eigenvalue weighted by atomic mass is 35.5. The van der Waals surface area contributed by atoms with Crippen molar-refractivity contribution in [3.05, 3.63) is 100 Å². The minimum Gasteiger partial charge on any atom is -0.423 e. The van der Waals surface area contributed by atoms with E-state index in [0.717, 1.165) is 5.56 Å². The van der Waals surface area contributed by atoms with Gasteiger partial charge in [0.1, 0.15) is 5.75 Å². The van der Waals surface area contributed by atoms with Crippen LogP contribution in [0.15, 0.2) is 77.9 Å². The first kappa shape index (κ1) is 22.7. The van der Waals surface area contributed by atoms with Gasteiger partial charge >= 0.3 is 5.97 Å². The number of carbonyl (C=O) groups excluding carboxylic acids is 3. The highest BCUT2D eigenvalue weighted by Crippen LogP contribution is 2.18. The van der Waals surface area contributed by atoms with Gasteiger partial charge in [-0.3, -0.25) is 9.59 Å². The molecule has 0 spiro atoms. The molecule has 8 heteroatoms. The van der Waals surface area contributed by atoms with E-state index in [4.69, 9.17) is 16.3 Å². The molecule has 2 N–H and O–H groups in total. The van der Waals surface area contributed by atoms with E-state index < -0.39 is 11.9 Å². The van der Waals surface area contributed by atoms with Crippen LogP contribution in [0.25, 0.3) is 0 Å². The third-order valence-corrected chi connectivity index (χ3v) is 4.61. The van der Waals surface area contributed by atoms with Crippen LogP contribution >= 0.6 is 11.6 Å². The molecule has 0 aromatic heterocycles. The average molecular weight is 450 g/mol. The van der Waals surface area contributed by atoms with E-state index in [1.807, 2.05) is 13.0 Å². The van der Waals surface area contributed by atoms with Crippen LogP contribution in [0.4, 0.5) is 0 Å². The van der Waals surface area contributed by atoms with Crippen molar-refractivity contribution in [3.63, 3.8) is 0 Å². The molecular weight excluding hydrogens is 430 g/mol. The maximum absolute atomic E-state index is 12.2. The lowest BCUT2D eigenvalue weighted by atomic mass is 10.1. The van der Waals surface area contributed by atoms with Crippen molar-refractivity contribution in [2.45, 2.75) is 6.92 Å². The number of nitrogens with zero attached hydrogens (tertiary/aromatic N) is 1. The number of carbonyl (C=O) groups is 3. The Morgan fingerprint density at radius 3 is 2.47 bits per heavy atom. The summed E-state index contributed by atoms with van der Waals surface area (Å²) in [4.78, 5) is 36.1. The molecule has 0 aliphatic heterocycles. The minimum absolute atomic E-state index is 0.207. The number of aryl methyl sites for hydroxylation is 1. The van der Waals surface area contributed by atoms with Gasteiger partial charge in [0.05, 0.1) is 23.3 Å². The maximum atomic E-state index is 12.2. The molecule has 0 aliphatic carbocycles. The van der Waals surface area contributed by atoms with Crippen molar-refractivity contribution >= 4 is 35.6 Å². The summed E-state index contributed by atoms with van der Waals surface area (Å²) in [5.74, 6) is -1.02. The van der Waals surface area contributed by atoms with Crippen molar-refractivity contribution in [3.8, 4) is 5.75 Å². The normalized spacial score (nSPS) is 10.6. The van der Waals surface area contributed by atoms with Crippen LogP contribution in [-0.4, -0.2) is 30.5 Å². The molecule has 3 rings (SSSR count). The lowest BCUT2D eigenvalue weighted by molar-refractivity contribution is -0.120. The van der Waals surface area contributed by atoms with Gasteiger partial charge in [-0.1, -0.05) is 41.4 Å². The summed E-state index contributed by atoms with van der Waals surface area (Å²) >= 11 is 5.99. The molecule has 0 fully saturated rings. The van der Waals surface area contributed by atoms with E-state index in [9.17, 15) is 14.4 Å². The second-order valence-corrected chi connectivity index (χ2v) is 7.19. The second-order valence-electron chi connectivity index (χ2n) is 6.78. The quantitative estimate of drug-likeness (QED) is 0.248. The van der Waals surface area contributed by atoms with E-state index in [2.05, 4.69) is 15.8 Å². The minimum atomic E-state index is -0.558. The van der Waals surface area contributed by atoms with Crippen molar-refractivity contribution < 1.29 is 19.1 Å². The number of rotatable bonds is 7. The number of halogens is 1. The SMILES string of the molecule is Cc1cccc(C(=O)NCC(=O)N/N=C/c2ccc(OC(=O)c3ccccc3Cl)cc2)c1. The first-order chi connectivity index (χ1) is 15.4. The monoisotopic (exact) mass is 449 g/mol. The highest BCUT2D eigenvalue weighted by molar-refractivity contribution is 6.33. The second kappa shape index (κ2) is 10.9. The molecule has 0 saturated carbocycles. The Morgan fingerprint density at radius 1 is 1.00 bits per heavy atom. The molecule has 7 nitrogen and oxygen atoms in total. The summed E-state index contributed by atoms with van der Waals surface area (Å²) in [5.41, 5.74) is 4.73. The van der Waals surface area contributed by atoms with Gasteiger partial charge in [-0.25, -0.2) is 10.2 Å². The molecule has 0 radical (unpaired) electrons. The highest BCUT2D eigenvalue weighted by Gasteiger charge is 2.12. The van der Waals surface area contributed by atoms with E-state index >= 15 is 0 Å². The summed E-state index contributed by atoms with van der Waals surface area (Å²) in [6, 6.07) is 20.2. The van der Waals surface area contributed by atoms with Crippen LogP contribution in [0.1, 0.15) is 31.8 Å². The number of esters is 1. The molecule has 0 bridgehead atoms. The van der Waals surface area contributed by atoms with Gasteiger partial charge in [-0.2, -0.15) is 5.10 Å². The Hall–Kier alpha value is -3.97.